The Labute approximate surface area is 100.0 Å². The van der Waals surface area contributed by atoms with Crippen molar-refractivity contribution in [3.63, 3.8) is 0 Å². The molecule has 15 heavy (non-hydrogen) atoms. The highest BCUT2D eigenvalue weighted by molar-refractivity contribution is 5.85. The van der Waals surface area contributed by atoms with Crippen molar-refractivity contribution in [1.82, 2.24) is 10.2 Å². The molecule has 0 radical (unpaired) electrons. The largest absolute Gasteiger partial charge is 0.380 e. The Morgan fingerprint density at radius 3 is 2.60 bits per heavy atom. The van der Waals surface area contributed by atoms with Gasteiger partial charge in [-0.05, 0) is 45.8 Å². The number of nitrogens with zero attached hydrogens (tertiary/aromatic N) is 1. The van der Waals surface area contributed by atoms with Gasteiger partial charge in [0.1, 0.15) is 0 Å². The number of hydrogen-bond acceptors (Lipinski definition) is 3. The smallest absolute Gasteiger partial charge is 0.0593 e. The molecule has 0 atom stereocenters. The number of nitrogens with one attached hydrogen (secondary N) is 1. The maximum Gasteiger partial charge on any atom is 0.0593 e. The molecule has 1 aliphatic heterocycles. The van der Waals surface area contributed by atoms with Crippen molar-refractivity contribution in [1.29, 1.82) is 0 Å². The molecule has 0 aromatic rings. The van der Waals surface area contributed by atoms with Crippen LogP contribution in [0.5, 0.6) is 0 Å². The van der Waals surface area contributed by atoms with Crippen molar-refractivity contribution in [3.8, 4) is 0 Å². The maximum atomic E-state index is 5.34. The first-order chi connectivity index (χ1) is 6.83. The van der Waals surface area contributed by atoms with E-state index in [9.17, 15) is 0 Å². The van der Waals surface area contributed by atoms with Gasteiger partial charge >= 0.3 is 0 Å². The van der Waals surface area contributed by atoms with E-state index in [1.165, 1.54) is 32.5 Å². The van der Waals surface area contributed by atoms with Crippen molar-refractivity contribution < 1.29 is 4.74 Å². The molecule has 1 aliphatic rings. The van der Waals surface area contributed by atoms with E-state index in [4.69, 9.17) is 4.74 Å². The minimum absolute atomic E-state index is 0. The van der Waals surface area contributed by atoms with Gasteiger partial charge in [0.15, 0.2) is 0 Å². The standard InChI is InChI=1S/C11H24N2O.ClH/c1-3-14-9-8-13(2)10-11-4-6-12-7-5-11;/h11-12H,3-10H2,1-2H3;1H. The molecule has 3 nitrogen and oxygen atoms in total. The molecule has 1 fully saturated rings. The quantitative estimate of drug-likeness (QED) is 0.706. The lowest BCUT2D eigenvalue weighted by Crippen LogP contribution is -2.35. The summed E-state index contributed by atoms with van der Waals surface area (Å²) in [6.07, 6.45) is 2.66. The first-order valence-corrected chi connectivity index (χ1v) is 5.80. The second-order valence-electron chi connectivity index (χ2n) is 4.15. The van der Waals surface area contributed by atoms with Crippen LogP contribution >= 0.6 is 12.4 Å². The molecule has 0 aromatic heterocycles. The van der Waals surface area contributed by atoms with Gasteiger partial charge in [0.25, 0.3) is 0 Å². The summed E-state index contributed by atoms with van der Waals surface area (Å²) in [5.41, 5.74) is 0. The Balaban J connectivity index is 0.00000196. The molecule has 1 saturated heterocycles. The summed E-state index contributed by atoms with van der Waals surface area (Å²) in [5.74, 6) is 0.892. The van der Waals surface area contributed by atoms with E-state index in [1.54, 1.807) is 0 Å². The highest BCUT2D eigenvalue weighted by Gasteiger charge is 2.14. The van der Waals surface area contributed by atoms with Crippen molar-refractivity contribution >= 4 is 12.4 Å². The summed E-state index contributed by atoms with van der Waals surface area (Å²) in [6.45, 7) is 8.45. The highest BCUT2D eigenvalue weighted by atomic mass is 35.5. The fourth-order valence-corrected chi connectivity index (χ4v) is 1.96. The molecule has 0 amide bonds. The Hall–Kier alpha value is 0.170. The van der Waals surface area contributed by atoms with Crippen LogP contribution in [0.25, 0.3) is 0 Å². The summed E-state index contributed by atoms with van der Waals surface area (Å²) in [5, 5.41) is 3.40. The van der Waals surface area contributed by atoms with E-state index >= 15 is 0 Å². The number of rotatable bonds is 6. The van der Waals surface area contributed by atoms with Gasteiger partial charge in [0.2, 0.25) is 0 Å². The molecular formula is C11H25ClN2O. The number of likely N-dealkylation sites (N-methyl/N-ethyl adjacent to an activating group) is 1. The van der Waals surface area contributed by atoms with E-state index in [0.29, 0.717) is 0 Å². The van der Waals surface area contributed by atoms with E-state index in [-0.39, 0.29) is 12.4 Å². The minimum Gasteiger partial charge on any atom is -0.380 e. The summed E-state index contributed by atoms with van der Waals surface area (Å²) in [6, 6.07) is 0. The summed E-state index contributed by atoms with van der Waals surface area (Å²) in [7, 11) is 2.20. The zero-order valence-corrected chi connectivity index (χ0v) is 10.8. The number of hydrogen-bond donors (Lipinski definition) is 1. The monoisotopic (exact) mass is 236 g/mol. The van der Waals surface area contributed by atoms with Crippen LogP contribution in [0, 0.1) is 5.92 Å². The van der Waals surface area contributed by atoms with E-state index < -0.39 is 0 Å². The number of piperidine rings is 1. The van der Waals surface area contributed by atoms with Gasteiger partial charge in [0, 0.05) is 19.7 Å². The molecule has 0 aliphatic carbocycles. The molecule has 1 heterocycles. The Kier molecular flexibility index (Phi) is 9.51. The van der Waals surface area contributed by atoms with Crippen molar-refractivity contribution in [2.45, 2.75) is 19.8 Å². The van der Waals surface area contributed by atoms with Crippen LogP contribution in [0.3, 0.4) is 0 Å². The Morgan fingerprint density at radius 1 is 1.33 bits per heavy atom. The summed E-state index contributed by atoms with van der Waals surface area (Å²) < 4.78 is 5.34. The average Bonchev–Trinajstić information content (AvgIpc) is 2.20. The van der Waals surface area contributed by atoms with Gasteiger partial charge in [-0.15, -0.1) is 12.4 Å². The second-order valence-corrected chi connectivity index (χ2v) is 4.15. The SMILES string of the molecule is CCOCCN(C)CC1CCNCC1.Cl. The lowest BCUT2D eigenvalue weighted by Gasteiger charge is -2.27. The molecule has 0 saturated carbocycles. The first kappa shape index (κ1) is 15.2. The molecule has 92 valence electrons. The predicted octanol–water partition coefficient (Wildman–Crippen LogP) is 1.38. The van der Waals surface area contributed by atoms with E-state index in [1.807, 2.05) is 6.92 Å². The zero-order valence-electron chi connectivity index (χ0n) is 10.00. The third-order valence-corrected chi connectivity index (χ3v) is 2.85. The van der Waals surface area contributed by atoms with Crippen LogP contribution in [0.4, 0.5) is 0 Å². The molecule has 1 N–H and O–H groups in total. The first-order valence-electron chi connectivity index (χ1n) is 5.80. The molecule has 4 heteroatoms. The predicted molar refractivity (Wildman–Crippen MR) is 66.8 cm³/mol. The van der Waals surface area contributed by atoms with Crippen LogP contribution in [0.2, 0.25) is 0 Å². The van der Waals surface area contributed by atoms with E-state index in [0.717, 1.165) is 25.7 Å². The highest BCUT2D eigenvalue weighted by Crippen LogP contribution is 2.12. The van der Waals surface area contributed by atoms with Crippen molar-refractivity contribution in [3.05, 3.63) is 0 Å². The number of ether oxygens (including phenoxy) is 1. The van der Waals surface area contributed by atoms with Crippen LogP contribution in [-0.2, 0) is 4.74 Å². The normalized spacial score (nSPS) is 17.8. The van der Waals surface area contributed by atoms with Gasteiger partial charge in [-0.1, -0.05) is 0 Å². The van der Waals surface area contributed by atoms with Gasteiger partial charge in [0.05, 0.1) is 6.61 Å². The maximum absolute atomic E-state index is 5.34. The second kappa shape index (κ2) is 9.40. The van der Waals surface area contributed by atoms with Gasteiger partial charge in [-0.2, -0.15) is 0 Å². The van der Waals surface area contributed by atoms with Gasteiger partial charge in [-0.3, -0.25) is 0 Å². The lowest BCUT2D eigenvalue weighted by atomic mass is 9.98. The van der Waals surface area contributed by atoms with Crippen LogP contribution in [-0.4, -0.2) is 51.3 Å². The van der Waals surface area contributed by atoms with Crippen molar-refractivity contribution in [2.24, 2.45) is 5.92 Å². The minimum atomic E-state index is 0. The average molecular weight is 237 g/mol. The third-order valence-electron chi connectivity index (χ3n) is 2.85. The topological polar surface area (TPSA) is 24.5 Å². The molecule has 0 aromatic carbocycles. The Morgan fingerprint density at radius 2 is 2.00 bits per heavy atom. The van der Waals surface area contributed by atoms with E-state index in [2.05, 4.69) is 17.3 Å². The number of halogens is 1. The molecule has 0 unspecified atom stereocenters. The zero-order chi connectivity index (χ0) is 10.2. The summed E-state index contributed by atoms with van der Waals surface area (Å²) in [4.78, 5) is 2.39. The third kappa shape index (κ3) is 7.12. The molecule has 0 bridgehead atoms. The van der Waals surface area contributed by atoms with Crippen LogP contribution in [0.1, 0.15) is 19.8 Å². The molecular weight excluding hydrogens is 212 g/mol. The molecule has 0 spiro atoms. The van der Waals surface area contributed by atoms with Gasteiger partial charge in [-0.25, -0.2) is 0 Å². The molecule has 1 rings (SSSR count). The lowest BCUT2D eigenvalue weighted by molar-refractivity contribution is 0.114. The Bertz CT molecular complexity index is 141. The fraction of sp³-hybridized carbons (Fsp3) is 1.00. The van der Waals surface area contributed by atoms with Crippen LogP contribution < -0.4 is 5.32 Å². The van der Waals surface area contributed by atoms with Crippen LogP contribution in [0.15, 0.2) is 0 Å². The summed E-state index contributed by atoms with van der Waals surface area (Å²) >= 11 is 0. The van der Waals surface area contributed by atoms with Gasteiger partial charge < -0.3 is 15.0 Å². The fourth-order valence-electron chi connectivity index (χ4n) is 1.96. The van der Waals surface area contributed by atoms with Crippen molar-refractivity contribution in [2.75, 3.05) is 46.4 Å².